The highest BCUT2D eigenvalue weighted by atomic mass is 35.5. The van der Waals surface area contributed by atoms with Gasteiger partial charge < -0.3 is 0 Å². The molecule has 0 aliphatic heterocycles. The highest BCUT2D eigenvalue weighted by Gasteiger charge is 1.98. The second-order valence-electron chi connectivity index (χ2n) is 1.67. The van der Waals surface area contributed by atoms with Crippen LogP contribution in [0, 0.1) is 5.82 Å². The van der Waals surface area contributed by atoms with E-state index in [9.17, 15) is 4.39 Å². The minimum Gasteiger partial charge on any atom is -0.207 e. The maximum absolute atomic E-state index is 12.4. The van der Waals surface area contributed by atoms with Gasteiger partial charge >= 0.3 is 0 Å². The third-order valence-electron chi connectivity index (χ3n) is 0.992. The molecule has 0 amide bonds. The van der Waals surface area contributed by atoms with E-state index in [2.05, 4.69) is 11.7 Å². The average molecular weight is 195 g/mol. The molecule has 0 spiro atoms. The molecule has 1 aromatic carbocycles. The minimum absolute atomic E-state index is 0.323. The van der Waals surface area contributed by atoms with Crippen molar-refractivity contribution in [3.63, 3.8) is 0 Å². The smallest absolute Gasteiger partial charge is 0.124 e. The molecule has 0 aliphatic carbocycles. The van der Waals surface area contributed by atoms with E-state index in [1.165, 1.54) is 22.9 Å². The van der Waals surface area contributed by atoms with E-state index in [0.717, 1.165) is 4.90 Å². The SMILES string of the molecule is Fc1ccc(SS)c(Cl)c1. The summed E-state index contributed by atoms with van der Waals surface area (Å²) in [6.07, 6.45) is 0. The van der Waals surface area contributed by atoms with Gasteiger partial charge in [-0.15, -0.1) is 11.7 Å². The maximum Gasteiger partial charge on any atom is 0.124 e. The molecule has 0 aromatic heterocycles. The first-order valence-corrected chi connectivity index (χ1v) is 4.75. The number of benzene rings is 1. The van der Waals surface area contributed by atoms with Crippen LogP contribution in [0.4, 0.5) is 4.39 Å². The zero-order chi connectivity index (χ0) is 7.56. The molecule has 0 aliphatic rings. The summed E-state index contributed by atoms with van der Waals surface area (Å²) in [5, 5.41) is 0.403. The van der Waals surface area contributed by atoms with Crippen LogP contribution in [0.1, 0.15) is 0 Å². The molecule has 4 heteroatoms. The van der Waals surface area contributed by atoms with Crippen molar-refractivity contribution in [3.8, 4) is 0 Å². The Labute approximate surface area is 72.6 Å². The normalized spacial score (nSPS) is 9.90. The minimum atomic E-state index is -0.323. The van der Waals surface area contributed by atoms with Crippen LogP contribution in [0.2, 0.25) is 5.02 Å². The molecule has 0 atom stereocenters. The van der Waals surface area contributed by atoms with Crippen LogP contribution in [-0.4, -0.2) is 0 Å². The van der Waals surface area contributed by atoms with Gasteiger partial charge in [-0.2, -0.15) is 0 Å². The quantitative estimate of drug-likeness (QED) is 0.528. The van der Waals surface area contributed by atoms with Crippen molar-refractivity contribution >= 4 is 34.1 Å². The highest BCUT2D eigenvalue weighted by molar-refractivity contribution is 8.68. The fraction of sp³-hybridized carbons (Fsp3) is 0. The van der Waals surface area contributed by atoms with Crippen LogP contribution in [0.3, 0.4) is 0 Å². The summed E-state index contributed by atoms with van der Waals surface area (Å²) in [6.45, 7) is 0. The molecule has 0 fully saturated rings. The first-order chi connectivity index (χ1) is 4.74. The van der Waals surface area contributed by atoms with Gasteiger partial charge in [-0.25, -0.2) is 4.39 Å². The van der Waals surface area contributed by atoms with E-state index in [-0.39, 0.29) is 5.82 Å². The second kappa shape index (κ2) is 3.51. The van der Waals surface area contributed by atoms with E-state index >= 15 is 0 Å². The van der Waals surface area contributed by atoms with Crippen LogP contribution < -0.4 is 0 Å². The predicted octanol–water partition coefficient (Wildman–Crippen LogP) is 3.42. The summed E-state index contributed by atoms with van der Waals surface area (Å²) in [5.74, 6) is -0.323. The van der Waals surface area contributed by atoms with Crippen molar-refractivity contribution in [2.45, 2.75) is 4.90 Å². The summed E-state index contributed by atoms with van der Waals surface area (Å²) in [6, 6.07) is 4.21. The zero-order valence-corrected chi connectivity index (χ0v) is 7.31. The van der Waals surface area contributed by atoms with Crippen LogP contribution in [0.5, 0.6) is 0 Å². The van der Waals surface area contributed by atoms with Crippen molar-refractivity contribution in [1.82, 2.24) is 0 Å². The molecule has 10 heavy (non-hydrogen) atoms. The third-order valence-corrected chi connectivity index (χ3v) is 2.56. The lowest BCUT2D eigenvalue weighted by molar-refractivity contribution is 0.626. The fourth-order valence-corrected chi connectivity index (χ4v) is 1.75. The van der Waals surface area contributed by atoms with Crippen LogP contribution in [0.15, 0.2) is 23.1 Å². The number of thiol groups is 1. The van der Waals surface area contributed by atoms with Gasteiger partial charge in [-0.05, 0) is 18.2 Å². The van der Waals surface area contributed by atoms with Crippen LogP contribution in [-0.2, 0) is 0 Å². The van der Waals surface area contributed by atoms with Crippen molar-refractivity contribution in [2.75, 3.05) is 0 Å². The Morgan fingerprint density at radius 3 is 2.70 bits per heavy atom. The third kappa shape index (κ3) is 1.81. The number of hydrogen-bond donors (Lipinski definition) is 1. The summed E-state index contributed by atoms with van der Waals surface area (Å²) in [7, 11) is 1.20. The standard InChI is InChI=1S/C6H4ClFS2/c7-5-3-4(8)1-2-6(5)10-9/h1-3,9H. The lowest BCUT2D eigenvalue weighted by atomic mass is 10.3. The Morgan fingerprint density at radius 1 is 1.50 bits per heavy atom. The van der Waals surface area contributed by atoms with E-state index in [1.54, 1.807) is 6.07 Å². The molecule has 0 nitrogen and oxygen atoms in total. The van der Waals surface area contributed by atoms with Gasteiger partial charge in [0.25, 0.3) is 0 Å². The fourth-order valence-electron chi connectivity index (χ4n) is 0.549. The average Bonchev–Trinajstić information content (AvgIpc) is 1.88. The molecular formula is C6H4ClFS2. The number of hydrogen-bond acceptors (Lipinski definition) is 2. The Hall–Kier alpha value is 0.140. The molecule has 1 rings (SSSR count). The summed E-state index contributed by atoms with van der Waals surface area (Å²) < 4.78 is 12.4. The monoisotopic (exact) mass is 194 g/mol. The van der Waals surface area contributed by atoms with Gasteiger partial charge in [-0.3, -0.25) is 0 Å². The largest absolute Gasteiger partial charge is 0.207 e. The van der Waals surface area contributed by atoms with Crippen LogP contribution >= 0.6 is 34.1 Å². The van der Waals surface area contributed by atoms with Gasteiger partial charge in [0, 0.05) is 4.90 Å². The molecule has 0 unspecified atom stereocenters. The van der Waals surface area contributed by atoms with Crippen molar-refractivity contribution in [1.29, 1.82) is 0 Å². The molecule has 0 bridgehead atoms. The van der Waals surface area contributed by atoms with Crippen LogP contribution in [0.25, 0.3) is 0 Å². The van der Waals surface area contributed by atoms with E-state index in [4.69, 9.17) is 11.6 Å². The second-order valence-corrected chi connectivity index (χ2v) is 3.24. The summed E-state index contributed by atoms with van der Waals surface area (Å²) in [5.41, 5.74) is 0. The van der Waals surface area contributed by atoms with E-state index < -0.39 is 0 Å². The van der Waals surface area contributed by atoms with E-state index in [1.807, 2.05) is 0 Å². The molecular weight excluding hydrogens is 191 g/mol. The molecule has 0 saturated heterocycles. The first-order valence-electron chi connectivity index (χ1n) is 2.50. The number of halogens is 2. The van der Waals surface area contributed by atoms with Gasteiger partial charge in [0.15, 0.2) is 0 Å². The maximum atomic E-state index is 12.4. The first kappa shape index (κ1) is 8.24. The molecule has 0 heterocycles. The Morgan fingerprint density at radius 2 is 2.20 bits per heavy atom. The van der Waals surface area contributed by atoms with E-state index in [0.29, 0.717) is 5.02 Å². The van der Waals surface area contributed by atoms with Gasteiger partial charge in [0.05, 0.1) is 5.02 Å². The number of rotatable bonds is 1. The van der Waals surface area contributed by atoms with Crippen molar-refractivity contribution < 1.29 is 4.39 Å². The van der Waals surface area contributed by atoms with Gasteiger partial charge in [0.1, 0.15) is 5.82 Å². The summed E-state index contributed by atoms with van der Waals surface area (Å²) in [4.78, 5) is 0.770. The topological polar surface area (TPSA) is 0 Å². The zero-order valence-electron chi connectivity index (χ0n) is 4.84. The Kier molecular flexibility index (Phi) is 2.89. The molecule has 54 valence electrons. The molecule has 1 aromatic rings. The van der Waals surface area contributed by atoms with Crippen molar-refractivity contribution in [2.24, 2.45) is 0 Å². The Balaban J connectivity index is 3.07. The summed E-state index contributed by atoms with van der Waals surface area (Å²) >= 11 is 9.54. The van der Waals surface area contributed by atoms with Crippen molar-refractivity contribution in [3.05, 3.63) is 29.0 Å². The predicted molar refractivity (Wildman–Crippen MR) is 46.3 cm³/mol. The highest BCUT2D eigenvalue weighted by Crippen LogP contribution is 2.29. The lowest BCUT2D eigenvalue weighted by Crippen LogP contribution is -1.74. The Bertz CT molecular complexity index is 239. The van der Waals surface area contributed by atoms with Gasteiger partial charge in [0.2, 0.25) is 0 Å². The molecule has 0 saturated carbocycles. The molecule has 0 radical (unpaired) electrons. The lowest BCUT2D eigenvalue weighted by Gasteiger charge is -1.96. The van der Waals surface area contributed by atoms with Gasteiger partial charge in [-0.1, -0.05) is 22.4 Å². The molecule has 0 N–H and O–H groups in total.